The van der Waals surface area contributed by atoms with Gasteiger partial charge in [0, 0.05) is 5.92 Å². The fourth-order valence-corrected chi connectivity index (χ4v) is 2.19. The number of hydrogen-bond acceptors (Lipinski definition) is 3. The van der Waals surface area contributed by atoms with Gasteiger partial charge in [0.05, 0.1) is 19.6 Å². The smallest absolute Gasteiger partial charge is 0.307 e. The predicted molar refractivity (Wildman–Crippen MR) is 71.3 cm³/mol. The van der Waals surface area contributed by atoms with Crippen LogP contribution in [-0.2, 0) is 14.3 Å². The van der Waals surface area contributed by atoms with E-state index in [-0.39, 0.29) is 18.2 Å². The SMILES string of the molecule is COC(=O)C[C@H](NC(=O)C1CCC1)c1cccc(F)c1. The summed E-state index contributed by atoms with van der Waals surface area (Å²) in [6.07, 6.45) is 2.80. The molecule has 0 radical (unpaired) electrons. The van der Waals surface area contributed by atoms with E-state index in [0.717, 1.165) is 19.3 Å². The number of methoxy groups -OCH3 is 1. The molecular formula is C15H18FNO3. The van der Waals surface area contributed by atoms with Gasteiger partial charge in [-0.05, 0) is 30.5 Å². The van der Waals surface area contributed by atoms with Crippen molar-refractivity contribution in [1.82, 2.24) is 5.32 Å². The molecule has 4 nitrogen and oxygen atoms in total. The Morgan fingerprint density at radius 3 is 2.75 bits per heavy atom. The zero-order valence-electron chi connectivity index (χ0n) is 11.4. The summed E-state index contributed by atoms with van der Waals surface area (Å²) in [5.74, 6) is -0.887. The Morgan fingerprint density at radius 1 is 1.45 bits per heavy atom. The quantitative estimate of drug-likeness (QED) is 0.842. The van der Waals surface area contributed by atoms with Crippen molar-refractivity contribution in [1.29, 1.82) is 0 Å². The molecule has 0 unspecified atom stereocenters. The van der Waals surface area contributed by atoms with Crippen molar-refractivity contribution in [3.8, 4) is 0 Å². The number of halogens is 1. The van der Waals surface area contributed by atoms with Crippen LogP contribution in [0, 0.1) is 11.7 Å². The summed E-state index contributed by atoms with van der Waals surface area (Å²) in [7, 11) is 1.29. The molecule has 1 aromatic rings. The van der Waals surface area contributed by atoms with Crippen LogP contribution in [0.2, 0.25) is 0 Å². The normalized spacial score (nSPS) is 16.1. The van der Waals surface area contributed by atoms with Crippen molar-refractivity contribution in [3.63, 3.8) is 0 Å². The monoisotopic (exact) mass is 279 g/mol. The summed E-state index contributed by atoms with van der Waals surface area (Å²) in [5.41, 5.74) is 0.572. The van der Waals surface area contributed by atoms with Crippen LogP contribution in [0.25, 0.3) is 0 Å². The highest BCUT2D eigenvalue weighted by atomic mass is 19.1. The van der Waals surface area contributed by atoms with Crippen molar-refractivity contribution in [3.05, 3.63) is 35.6 Å². The van der Waals surface area contributed by atoms with Crippen LogP contribution in [0.4, 0.5) is 4.39 Å². The van der Waals surface area contributed by atoms with Gasteiger partial charge in [0.25, 0.3) is 0 Å². The van der Waals surface area contributed by atoms with Gasteiger partial charge < -0.3 is 10.1 Å². The van der Waals surface area contributed by atoms with E-state index < -0.39 is 17.8 Å². The second kappa shape index (κ2) is 6.50. The number of esters is 1. The third-order valence-electron chi connectivity index (χ3n) is 3.64. The van der Waals surface area contributed by atoms with Crippen LogP contribution in [0.1, 0.15) is 37.3 Å². The summed E-state index contributed by atoms with van der Waals surface area (Å²) < 4.78 is 17.9. The lowest BCUT2D eigenvalue weighted by Gasteiger charge is -2.27. The van der Waals surface area contributed by atoms with Crippen molar-refractivity contribution < 1.29 is 18.7 Å². The van der Waals surface area contributed by atoms with E-state index in [1.54, 1.807) is 12.1 Å². The molecule has 1 atom stereocenters. The van der Waals surface area contributed by atoms with Crippen LogP contribution >= 0.6 is 0 Å². The predicted octanol–water partition coefficient (Wildman–Crippen LogP) is 2.35. The summed E-state index contributed by atoms with van der Waals surface area (Å²) in [5, 5.41) is 2.82. The van der Waals surface area contributed by atoms with Gasteiger partial charge in [-0.1, -0.05) is 18.6 Å². The van der Waals surface area contributed by atoms with Gasteiger partial charge in [-0.3, -0.25) is 9.59 Å². The minimum Gasteiger partial charge on any atom is -0.469 e. The molecule has 0 saturated heterocycles. The molecule has 0 aliphatic heterocycles. The Labute approximate surface area is 117 Å². The number of carbonyl (C=O) groups excluding carboxylic acids is 2. The van der Waals surface area contributed by atoms with Crippen LogP contribution in [0.3, 0.4) is 0 Å². The largest absolute Gasteiger partial charge is 0.469 e. The van der Waals surface area contributed by atoms with Crippen molar-refractivity contribution in [2.45, 2.75) is 31.7 Å². The van der Waals surface area contributed by atoms with E-state index in [1.807, 2.05) is 0 Å². The molecule has 1 fully saturated rings. The first-order valence-corrected chi connectivity index (χ1v) is 6.73. The van der Waals surface area contributed by atoms with Gasteiger partial charge in [-0.25, -0.2) is 4.39 Å². The van der Waals surface area contributed by atoms with Crippen LogP contribution < -0.4 is 5.32 Å². The van der Waals surface area contributed by atoms with E-state index in [9.17, 15) is 14.0 Å². The molecule has 1 saturated carbocycles. The molecule has 1 aliphatic rings. The highest BCUT2D eigenvalue weighted by Gasteiger charge is 2.28. The number of benzene rings is 1. The number of nitrogens with one attached hydrogen (secondary N) is 1. The van der Waals surface area contributed by atoms with E-state index in [0.29, 0.717) is 5.56 Å². The molecule has 1 N–H and O–H groups in total. The summed E-state index contributed by atoms with van der Waals surface area (Å²) in [4.78, 5) is 23.5. The molecule has 108 valence electrons. The Morgan fingerprint density at radius 2 is 2.20 bits per heavy atom. The molecule has 0 bridgehead atoms. The van der Waals surface area contributed by atoms with E-state index >= 15 is 0 Å². The van der Waals surface area contributed by atoms with Crippen LogP contribution in [0.15, 0.2) is 24.3 Å². The highest BCUT2D eigenvalue weighted by Crippen LogP contribution is 2.28. The lowest BCUT2D eigenvalue weighted by atomic mass is 9.84. The van der Waals surface area contributed by atoms with E-state index in [4.69, 9.17) is 0 Å². The van der Waals surface area contributed by atoms with Crippen LogP contribution in [-0.4, -0.2) is 19.0 Å². The number of carbonyl (C=O) groups is 2. The zero-order valence-corrected chi connectivity index (χ0v) is 11.4. The fraction of sp³-hybridized carbons (Fsp3) is 0.467. The molecule has 0 aromatic heterocycles. The second-order valence-electron chi connectivity index (χ2n) is 5.02. The Kier molecular flexibility index (Phi) is 4.71. The third-order valence-corrected chi connectivity index (χ3v) is 3.64. The molecular weight excluding hydrogens is 261 g/mol. The lowest BCUT2D eigenvalue weighted by Crippen LogP contribution is -2.37. The highest BCUT2D eigenvalue weighted by molar-refractivity contribution is 5.80. The summed E-state index contributed by atoms with van der Waals surface area (Å²) >= 11 is 0. The summed E-state index contributed by atoms with van der Waals surface area (Å²) in [6, 6.07) is 5.36. The average Bonchev–Trinajstić information content (AvgIpc) is 2.35. The van der Waals surface area contributed by atoms with Gasteiger partial charge in [-0.2, -0.15) is 0 Å². The standard InChI is InChI=1S/C15H18FNO3/c1-20-14(18)9-13(11-6-3-7-12(16)8-11)17-15(19)10-4-2-5-10/h3,6-8,10,13H,2,4-5,9H2,1H3,(H,17,19)/t13-/m0/s1. The first-order chi connectivity index (χ1) is 9.60. The minimum atomic E-state index is -0.550. The fourth-order valence-electron chi connectivity index (χ4n) is 2.19. The van der Waals surface area contributed by atoms with E-state index in [1.165, 1.54) is 19.2 Å². The number of ether oxygens (including phenoxy) is 1. The van der Waals surface area contributed by atoms with Crippen molar-refractivity contribution in [2.24, 2.45) is 5.92 Å². The Balaban J connectivity index is 2.11. The summed E-state index contributed by atoms with van der Waals surface area (Å²) in [6.45, 7) is 0. The van der Waals surface area contributed by atoms with Gasteiger partial charge in [0.15, 0.2) is 0 Å². The van der Waals surface area contributed by atoms with Crippen molar-refractivity contribution >= 4 is 11.9 Å². The molecule has 1 aliphatic carbocycles. The lowest BCUT2D eigenvalue weighted by molar-refractivity contribution is -0.141. The van der Waals surface area contributed by atoms with Gasteiger partial charge >= 0.3 is 5.97 Å². The molecule has 5 heteroatoms. The zero-order chi connectivity index (χ0) is 14.5. The molecule has 0 spiro atoms. The number of amides is 1. The second-order valence-corrected chi connectivity index (χ2v) is 5.02. The molecule has 0 heterocycles. The van der Waals surface area contributed by atoms with Crippen LogP contribution in [0.5, 0.6) is 0 Å². The molecule has 2 rings (SSSR count). The molecule has 20 heavy (non-hydrogen) atoms. The molecule has 1 amide bonds. The van der Waals surface area contributed by atoms with Crippen molar-refractivity contribution in [2.75, 3.05) is 7.11 Å². The topological polar surface area (TPSA) is 55.4 Å². The Hall–Kier alpha value is -1.91. The Bertz CT molecular complexity index is 500. The first kappa shape index (κ1) is 14.5. The molecule has 1 aromatic carbocycles. The average molecular weight is 279 g/mol. The maximum Gasteiger partial charge on any atom is 0.307 e. The number of hydrogen-bond donors (Lipinski definition) is 1. The van der Waals surface area contributed by atoms with Gasteiger partial charge in [0.1, 0.15) is 5.82 Å². The first-order valence-electron chi connectivity index (χ1n) is 6.73. The maximum absolute atomic E-state index is 13.3. The van der Waals surface area contributed by atoms with Gasteiger partial charge in [-0.15, -0.1) is 0 Å². The maximum atomic E-state index is 13.3. The van der Waals surface area contributed by atoms with Gasteiger partial charge in [0.2, 0.25) is 5.91 Å². The minimum absolute atomic E-state index is 0.00157. The third kappa shape index (κ3) is 3.56. The number of rotatable bonds is 5. The van der Waals surface area contributed by atoms with E-state index in [2.05, 4.69) is 10.1 Å².